The first kappa shape index (κ1) is 14.9. The maximum atomic E-state index is 12.9. The van der Waals surface area contributed by atoms with E-state index < -0.39 is 0 Å². The van der Waals surface area contributed by atoms with Crippen LogP contribution in [0.4, 0.5) is 10.1 Å². The number of hydrogen-bond donors (Lipinski definition) is 1. The van der Waals surface area contributed by atoms with Gasteiger partial charge in [0.15, 0.2) is 0 Å². The summed E-state index contributed by atoms with van der Waals surface area (Å²) >= 11 is 0. The third kappa shape index (κ3) is 3.52. The minimum absolute atomic E-state index is 0.347. The molecule has 0 aliphatic rings. The van der Waals surface area contributed by atoms with E-state index in [2.05, 4.69) is 6.07 Å². The van der Waals surface area contributed by atoms with Gasteiger partial charge in [0.1, 0.15) is 23.3 Å². The Kier molecular flexibility index (Phi) is 4.80. The van der Waals surface area contributed by atoms with Gasteiger partial charge in [0.05, 0.1) is 18.8 Å². The lowest BCUT2D eigenvalue weighted by atomic mass is 10.3. The van der Waals surface area contributed by atoms with Crippen molar-refractivity contribution in [3.63, 3.8) is 0 Å². The Labute approximate surface area is 122 Å². The van der Waals surface area contributed by atoms with Crippen molar-refractivity contribution in [3.05, 3.63) is 41.8 Å². The number of nitrogens with zero attached hydrogens (tertiary/aromatic N) is 2. The largest absolute Gasteiger partial charge is 0.439 e. The van der Waals surface area contributed by atoms with E-state index in [1.54, 1.807) is 10.6 Å². The average molecular weight is 289 g/mol. The molecule has 0 spiro atoms. The summed E-state index contributed by atoms with van der Waals surface area (Å²) in [5.41, 5.74) is 6.63. The van der Waals surface area contributed by atoms with Crippen molar-refractivity contribution in [1.29, 1.82) is 5.26 Å². The Morgan fingerprint density at radius 3 is 2.67 bits per heavy atom. The number of nitrogen functional groups attached to an aromatic ring is 1. The fourth-order valence-corrected chi connectivity index (χ4v) is 1.90. The highest BCUT2D eigenvalue weighted by molar-refractivity contribution is 5.56. The summed E-state index contributed by atoms with van der Waals surface area (Å²) < 4.78 is 25.5. The van der Waals surface area contributed by atoms with Crippen molar-refractivity contribution in [2.45, 2.75) is 13.5 Å². The number of nitrogens with two attached hydrogens (primary N) is 1. The summed E-state index contributed by atoms with van der Waals surface area (Å²) in [6.07, 6.45) is 0. The zero-order valence-electron chi connectivity index (χ0n) is 11.7. The number of ether oxygens (including phenoxy) is 2. The average Bonchev–Trinajstić information content (AvgIpc) is 2.78. The van der Waals surface area contributed by atoms with Crippen LogP contribution in [0.5, 0.6) is 11.6 Å². The molecule has 110 valence electrons. The van der Waals surface area contributed by atoms with Gasteiger partial charge in [-0.3, -0.25) is 4.57 Å². The van der Waals surface area contributed by atoms with Crippen LogP contribution >= 0.6 is 0 Å². The predicted molar refractivity (Wildman–Crippen MR) is 76.5 cm³/mol. The highest BCUT2D eigenvalue weighted by atomic mass is 19.1. The molecular weight excluding hydrogens is 273 g/mol. The molecule has 0 aliphatic carbocycles. The summed E-state index contributed by atoms with van der Waals surface area (Å²) in [5.74, 6) is 0.459. The molecule has 0 atom stereocenters. The fourth-order valence-electron chi connectivity index (χ4n) is 1.90. The van der Waals surface area contributed by atoms with E-state index in [0.29, 0.717) is 42.8 Å². The summed E-state index contributed by atoms with van der Waals surface area (Å²) in [7, 11) is 0. The van der Waals surface area contributed by atoms with E-state index in [9.17, 15) is 4.39 Å². The SMILES string of the molecule is CCOCCn1c(C#N)cc(N)c1Oc1ccc(F)cc1. The van der Waals surface area contributed by atoms with Crippen LogP contribution in [0.3, 0.4) is 0 Å². The van der Waals surface area contributed by atoms with Crippen LogP contribution in [-0.4, -0.2) is 17.8 Å². The van der Waals surface area contributed by atoms with Crippen molar-refractivity contribution in [2.24, 2.45) is 0 Å². The molecule has 1 aromatic carbocycles. The molecule has 0 bridgehead atoms. The third-order valence-corrected chi connectivity index (χ3v) is 2.88. The van der Waals surface area contributed by atoms with Crippen molar-refractivity contribution >= 4 is 5.69 Å². The summed E-state index contributed by atoms with van der Waals surface area (Å²) in [6, 6.07) is 9.21. The van der Waals surface area contributed by atoms with E-state index in [0.717, 1.165) is 0 Å². The third-order valence-electron chi connectivity index (χ3n) is 2.88. The van der Waals surface area contributed by atoms with Crippen LogP contribution in [-0.2, 0) is 11.3 Å². The maximum absolute atomic E-state index is 12.9. The minimum atomic E-state index is -0.347. The van der Waals surface area contributed by atoms with Gasteiger partial charge in [-0.25, -0.2) is 4.39 Å². The number of anilines is 1. The van der Waals surface area contributed by atoms with Gasteiger partial charge in [-0.1, -0.05) is 0 Å². The van der Waals surface area contributed by atoms with Crippen LogP contribution in [0.2, 0.25) is 0 Å². The molecule has 2 N–H and O–H groups in total. The number of nitriles is 1. The van der Waals surface area contributed by atoms with Gasteiger partial charge in [-0.05, 0) is 31.2 Å². The molecule has 6 heteroatoms. The van der Waals surface area contributed by atoms with Crippen LogP contribution in [0.25, 0.3) is 0 Å². The van der Waals surface area contributed by atoms with Gasteiger partial charge >= 0.3 is 0 Å². The van der Waals surface area contributed by atoms with E-state index in [-0.39, 0.29) is 5.82 Å². The number of benzene rings is 1. The van der Waals surface area contributed by atoms with Crippen LogP contribution in [0, 0.1) is 17.1 Å². The highest BCUT2D eigenvalue weighted by Crippen LogP contribution is 2.31. The molecule has 0 aliphatic heterocycles. The molecular formula is C15H16FN3O2. The van der Waals surface area contributed by atoms with Crippen molar-refractivity contribution < 1.29 is 13.9 Å². The molecule has 1 aromatic heterocycles. The number of rotatable bonds is 6. The Morgan fingerprint density at radius 2 is 2.05 bits per heavy atom. The lowest BCUT2D eigenvalue weighted by molar-refractivity contribution is 0.137. The Balaban J connectivity index is 2.26. The second-order valence-electron chi connectivity index (χ2n) is 4.31. The Hall–Kier alpha value is -2.52. The molecule has 0 amide bonds. The van der Waals surface area contributed by atoms with Crippen molar-refractivity contribution in [3.8, 4) is 17.7 Å². The second kappa shape index (κ2) is 6.77. The van der Waals surface area contributed by atoms with Crippen molar-refractivity contribution in [1.82, 2.24) is 4.57 Å². The summed E-state index contributed by atoms with van der Waals surface area (Å²) in [6.45, 7) is 3.38. The monoisotopic (exact) mass is 289 g/mol. The predicted octanol–water partition coefficient (Wildman–Crippen LogP) is 2.91. The normalized spacial score (nSPS) is 10.3. The zero-order valence-corrected chi connectivity index (χ0v) is 11.7. The summed E-state index contributed by atoms with van der Waals surface area (Å²) in [4.78, 5) is 0. The van der Waals surface area contributed by atoms with E-state index >= 15 is 0 Å². The van der Waals surface area contributed by atoms with Gasteiger partial charge < -0.3 is 15.2 Å². The molecule has 0 radical (unpaired) electrons. The highest BCUT2D eigenvalue weighted by Gasteiger charge is 2.15. The van der Waals surface area contributed by atoms with Crippen LogP contribution < -0.4 is 10.5 Å². The van der Waals surface area contributed by atoms with Gasteiger partial charge in [-0.2, -0.15) is 5.26 Å². The molecule has 2 rings (SSSR count). The molecule has 21 heavy (non-hydrogen) atoms. The fraction of sp³-hybridized carbons (Fsp3) is 0.267. The molecule has 1 heterocycles. The minimum Gasteiger partial charge on any atom is -0.439 e. The molecule has 5 nitrogen and oxygen atoms in total. The van der Waals surface area contributed by atoms with Gasteiger partial charge in [0, 0.05) is 12.7 Å². The Bertz CT molecular complexity index is 644. The standard InChI is InChI=1S/C15H16FN3O2/c1-2-20-8-7-19-12(10-17)9-14(18)15(19)21-13-5-3-11(16)4-6-13/h3-6,9H,2,7-8,18H2,1H3. The molecule has 0 unspecified atom stereocenters. The molecule has 2 aromatic rings. The lowest BCUT2D eigenvalue weighted by Gasteiger charge is -2.12. The first-order valence-corrected chi connectivity index (χ1v) is 6.56. The smallest absolute Gasteiger partial charge is 0.224 e. The van der Waals surface area contributed by atoms with Gasteiger partial charge in [-0.15, -0.1) is 0 Å². The van der Waals surface area contributed by atoms with Crippen molar-refractivity contribution in [2.75, 3.05) is 18.9 Å². The first-order valence-electron chi connectivity index (χ1n) is 6.56. The van der Waals surface area contributed by atoms with Gasteiger partial charge in [0.2, 0.25) is 5.88 Å². The topological polar surface area (TPSA) is 73.2 Å². The van der Waals surface area contributed by atoms with E-state index in [4.69, 9.17) is 20.5 Å². The molecule has 0 saturated carbocycles. The number of hydrogen-bond acceptors (Lipinski definition) is 4. The second-order valence-corrected chi connectivity index (χ2v) is 4.31. The van der Waals surface area contributed by atoms with Crippen LogP contribution in [0.1, 0.15) is 12.6 Å². The lowest BCUT2D eigenvalue weighted by Crippen LogP contribution is -2.09. The quantitative estimate of drug-likeness (QED) is 0.830. The van der Waals surface area contributed by atoms with E-state index in [1.807, 2.05) is 6.92 Å². The van der Waals surface area contributed by atoms with Gasteiger partial charge in [0.25, 0.3) is 0 Å². The first-order chi connectivity index (χ1) is 10.2. The van der Waals surface area contributed by atoms with E-state index in [1.165, 1.54) is 24.3 Å². The number of halogens is 1. The number of aromatic nitrogens is 1. The van der Waals surface area contributed by atoms with Crippen LogP contribution in [0.15, 0.2) is 30.3 Å². The maximum Gasteiger partial charge on any atom is 0.224 e. The Morgan fingerprint density at radius 1 is 1.33 bits per heavy atom. The summed E-state index contributed by atoms with van der Waals surface area (Å²) in [5, 5.41) is 9.14. The zero-order chi connectivity index (χ0) is 15.2. The molecule has 0 fully saturated rings. The molecule has 0 saturated heterocycles.